The Hall–Kier alpha value is -0.120. The Morgan fingerprint density at radius 2 is 2.20 bits per heavy atom. The topological polar surface area (TPSA) is 38.7 Å². The lowest BCUT2D eigenvalue weighted by Gasteiger charge is -2.23. The fourth-order valence-corrected chi connectivity index (χ4v) is 1.68. The zero-order valence-corrected chi connectivity index (χ0v) is 9.95. The summed E-state index contributed by atoms with van der Waals surface area (Å²) in [7, 11) is 0. The molecule has 2 unspecified atom stereocenters. The molecule has 1 heterocycles. The van der Waals surface area contributed by atoms with Crippen molar-refractivity contribution in [1.29, 1.82) is 0 Å². The van der Waals surface area contributed by atoms with E-state index in [1.807, 2.05) is 13.8 Å². The molecule has 1 aliphatic heterocycles. The van der Waals surface area contributed by atoms with E-state index in [9.17, 15) is 5.11 Å². The minimum atomic E-state index is -0.194. The molecule has 3 heteroatoms. The lowest BCUT2D eigenvalue weighted by Crippen LogP contribution is -2.23. The normalized spacial score (nSPS) is 24.4. The predicted molar refractivity (Wildman–Crippen MR) is 59.6 cm³/mol. The van der Waals surface area contributed by atoms with Crippen LogP contribution < -0.4 is 0 Å². The molecule has 0 radical (unpaired) electrons. The molecule has 0 saturated carbocycles. The van der Waals surface area contributed by atoms with E-state index in [0.29, 0.717) is 12.5 Å². The molecule has 0 aliphatic carbocycles. The number of hydrogen-bond acceptors (Lipinski definition) is 3. The maximum Gasteiger partial charge on any atom is 0.157 e. The third-order valence-corrected chi connectivity index (χ3v) is 2.86. The number of rotatable bonds is 6. The van der Waals surface area contributed by atoms with E-state index in [4.69, 9.17) is 9.47 Å². The smallest absolute Gasteiger partial charge is 0.157 e. The van der Waals surface area contributed by atoms with E-state index in [1.54, 1.807) is 0 Å². The van der Waals surface area contributed by atoms with Crippen molar-refractivity contribution in [3.63, 3.8) is 0 Å². The summed E-state index contributed by atoms with van der Waals surface area (Å²) in [4.78, 5) is 0. The van der Waals surface area contributed by atoms with Gasteiger partial charge in [0.1, 0.15) is 0 Å². The largest absolute Gasteiger partial charge is 0.393 e. The van der Waals surface area contributed by atoms with Crippen molar-refractivity contribution in [2.75, 3.05) is 13.2 Å². The first-order valence-electron chi connectivity index (χ1n) is 6.11. The van der Waals surface area contributed by atoms with Gasteiger partial charge in [0.05, 0.1) is 6.10 Å². The van der Waals surface area contributed by atoms with Crippen LogP contribution in [-0.4, -0.2) is 30.7 Å². The monoisotopic (exact) mass is 216 g/mol. The highest BCUT2D eigenvalue weighted by Gasteiger charge is 2.14. The number of aliphatic hydroxyl groups excluding tert-OH is 1. The van der Waals surface area contributed by atoms with Gasteiger partial charge >= 0.3 is 0 Å². The first-order chi connectivity index (χ1) is 7.20. The zero-order chi connectivity index (χ0) is 11.1. The molecule has 0 aromatic heterocycles. The Kier molecular flexibility index (Phi) is 6.22. The lowest BCUT2D eigenvalue weighted by atomic mass is 10.0. The number of ether oxygens (including phenoxy) is 2. The Balaban J connectivity index is 1.96. The Labute approximate surface area is 92.8 Å². The molecule has 1 aliphatic rings. The highest BCUT2D eigenvalue weighted by atomic mass is 16.7. The maximum absolute atomic E-state index is 9.58. The second kappa shape index (κ2) is 7.20. The SMILES string of the molecule is CC(C)C(O)CCCOC1CCCCO1. The van der Waals surface area contributed by atoms with Gasteiger partial charge < -0.3 is 14.6 Å². The number of aliphatic hydroxyl groups is 1. The van der Waals surface area contributed by atoms with E-state index < -0.39 is 0 Å². The molecular weight excluding hydrogens is 192 g/mol. The van der Waals surface area contributed by atoms with Crippen molar-refractivity contribution in [3.05, 3.63) is 0 Å². The summed E-state index contributed by atoms with van der Waals surface area (Å²) in [5, 5.41) is 9.58. The van der Waals surface area contributed by atoms with Crippen molar-refractivity contribution in [1.82, 2.24) is 0 Å². The van der Waals surface area contributed by atoms with Crippen LogP contribution in [0, 0.1) is 5.92 Å². The van der Waals surface area contributed by atoms with E-state index in [1.165, 1.54) is 6.42 Å². The van der Waals surface area contributed by atoms with Crippen molar-refractivity contribution < 1.29 is 14.6 Å². The van der Waals surface area contributed by atoms with Gasteiger partial charge in [-0.1, -0.05) is 13.8 Å². The summed E-state index contributed by atoms with van der Waals surface area (Å²) in [5.74, 6) is 0.343. The molecule has 90 valence electrons. The fourth-order valence-electron chi connectivity index (χ4n) is 1.68. The Morgan fingerprint density at radius 3 is 2.80 bits per heavy atom. The minimum absolute atomic E-state index is 0.00921. The van der Waals surface area contributed by atoms with E-state index in [2.05, 4.69) is 0 Å². The second-order valence-electron chi connectivity index (χ2n) is 4.62. The second-order valence-corrected chi connectivity index (χ2v) is 4.62. The van der Waals surface area contributed by atoms with Crippen LogP contribution in [0.1, 0.15) is 46.0 Å². The van der Waals surface area contributed by atoms with E-state index in [-0.39, 0.29) is 12.4 Å². The standard InChI is InChI=1S/C12H24O3/c1-10(2)11(13)6-5-9-15-12-7-3-4-8-14-12/h10-13H,3-9H2,1-2H3. The van der Waals surface area contributed by atoms with Gasteiger partial charge in [-0.2, -0.15) is 0 Å². The van der Waals surface area contributed by atoms with E-state index in [0.717, 1.165) is 32.3 Å². The van der Waals surface area contributed by atoms with E-state index >= 15 is 0 Å². The van der Waals surface area contributed by atoms with Crippen LogP contribution in [0.5, 0.6) is 0 Å². The minimum Gasteiger partial charge on any atom is -0.393 e. The molecule has 0 bridgehead atoms. The summed E-state index contributed by atoms with van der Waals surface area (Å²) in [6.45, 7) is 5.61. The van der Waals surface area contributed by atoms with Gasteiger partial charge in [0, 0.05) is 13.2 Å². The third-order valence-electron chi connectivity index (χ3n) is 2.86. The summed E-state index contributed by atoms with van der Waals surface area (Å²) < 4.78 is 11.0. The molecule has 1 saturated heterocycles. The predicted octanol–water partition coefficient (Wildman–Crippen LogP) is 2.33. The molecule has 0 spiro atoms. The van der Waals surface area contributed by atoms with Crippen LogP contribution in [0.15, 0.2) is 0 Å². The van der Waals surface area contributed by atoms with Crippen molar-refractivity contribution in [2.24, 2.45) is 5.92 Å². The van der Waals surface area contributed by atoms with Gasteiger partial charge in [-0.05, 0) is 38.0 Å². The average Bonchev–Trinajstić information content (AvgIpc) is 2.25. The van der Waals surface area contributed by atoms with Crippen LogP contribution in [0.25, 0.3) is 0 Å². The van der Waals surface area contributed by atoms with Crippen LogP contribution in [0.4, 0.5) is 0 Å². The highest BCUT2D eigenvalue weighted by Crippen LogP contribution is 2.14. The quantitative estimate of drug-likeness (QED) is 0.693. The summed E-state index contributed by atoms with van der Waals surface area (Å²) >= 11 is 0. The molecular formula is C12H24O3. The van der Waals surface area contributed by atoms with Gasteiger partial charge in [0.2, 0.25) is 0 Å². The van der Waals surface area contributed by atoms with Crippen LogP contribution in [-0.2, 0) is 9.47 Å². The maximum atomic E-state index is 9.58. The molecule has 0 aromatic rings. The van der Waals surface area contributed by atoms with Gasteiger partial charge in [0.25, 0.3) is 0 Å². The van der Waals surface area contributed by atoms with Gasteiger partial charge in [-0.15, -0.1) is 0 Å². The number of hydrogen-bond donors (Lipinski definition) is 1. The first kappa shape index (κ1) is 12.9. The molecule has 0 amide bonds. The fraction of sp³-hybridized carbons (Fsp3) is 1.00. The molecule has 1 N–H and O–H groups in total. The van der Waals surface area contributed by atoms with Crippen LogP contribution >= 0.6 is 0 Å². The molecule has 15 heavy (non-hydrogen) atoms. The van der Waals surface area contributed by atoms with Crippen molar-refractivity contribution in [2.45, 2.75) is 58.3 Å². The lowest BCUT2D eigenvalue weighted by molar-refractivity contribution is -0.163. The van der Waals surface area contributed by atoms with Crippen LogP contribution in [0.2, 0.25) is 0 Å². The first-order valence-corrected chi connectivity index (χ1v) is 6.11. The summed E-state index contributed by atoms with van der Waals surface area (Å²) in [6, 6.07) is 0. The van der Waals surface area contributed by atoms with Gasteiger partial charge in [-0.25, -0.2) is 0 Å². The Bertz CT molecular complexity index is 153. The van der Waals surface area contributed by atoms with Crippen molar-refractivity contribution >= 4 is 0 Å². The Morgan fingerprint density at radius 1 is 1.40 bits per heavy atom. The zero-order valence-electron chi connectivity index (χ0n) is 9.95. The molecule has 0 aromatic carbocycles. The van der Waals surface area contributed by atoms with Crippen molar-refractivity contribution in [3.8, 4) is 0 Å². The molecule has 1 rings (SSSR count). The highest BCUT2D eigenvalue weighted by molar-refractivity contribution is 4.60. The third kappa shape index (κ3) is 5.50. The summed E-state index contributed by atoms with van der Waals surface area (Å²) in [6.07, 6.45) is 4.94. The molecule has 3 nitrogen and oxygen atoms in total. The molecule has 1 fully saturated rings. The molecule has 2 atom stereocenters. The summed E-state index contributed by atoms with van der Waals surface area (Å²) in [5.41, 5.74) is 0. The van der Waals surface area contributed by atoms with Gasteiger partial charge in [-0.3, -0.25) is 0 Å². The van der Waals surface area contributed by atoms with Gasteiger partial charge in [0.15, 0.2) is 6.29 Å². The van der Waals surface area contributed by atoms with Crippen LogP contribution in [0.3, 0.4) is 0 Å². The average molecular weight is 216 g/mol.